The minimum Gasteiger partial charge on any atom is -0.311 e. The molecule has 0 amide bonds. The molecule has 406 valence electrons. The lowest BCUT2D eigenvalue weighted by atomic mass is 9.36. The predicted octanol–water partition coefficient (Wildman–Crippen LogP) is 20.3. The molecule has 3 nitrogen and oxygen atoms in total. The molecule has 0 aliphatic carbocycles. The average Bonchev–Trinajstić information content (AvgIpc) is 2.22. The smallest absolute Gasteiger partial charge is 0.264 e. The van der Waals surface area contributed by atoms with Crippen molar-refractivity contribution in [1.82, 2.24) is 0 Å². The van der Waals surface area contributed by atoms with Crippen LogP contribution in [0.25, 0.3) is 32.3 Å². The Hall–Kier alpha value is -7.60. The van der Waals surface area contributed by atoms with Crippen LogP contribution in [0.5, 0.6) is 0 Å². The van der Waals surface area contributed by atoms with Crippen LogP contribution in [0.3, 0.4) is 0 Å². The van der Waals surface area contributed by atoms with E-state index in [9.17, 15) is 0 Å². The monoisotopic (exact) mass is 1080 g/mol. The lowest BCUT2D eigenvalue weighted by Crippen LogP contribution is -2.60. The van der Waals surface area contributed by atoms with Crippen LogP contribution >= 0.6 is 11.3 Å². The van der Waals surface area contributed by atoms with E-state index >= 15 is 0 Å². The van der Waals surface area contributed by atoms with Gasteiger partial charge in [0.05, 0.1) is 11.4 Å². The zero-order valence-electron chi connectivity index (χ0n) is 50.4. The standard InChI is InChI=1S/C76H78BN3S/c1-72(2,3)52-26-34-57(35-27-52)78(64-42-32-55(75(10,11)12)46-61(64)50-24-20-17-21-25-50)60-40-41-63-65(48-60)79(58-36-28-53(29-37-58)73(4,5)6)66-44-51(49-22-18-16-19-23-49)45-67-69(66)77(63)71-70(62-47-56(76(13,14)15)33-43-68(62)81-71)80(67)59-38-30-54(31-39-59)74(7,8)9/h16-48H,1-15H3. The highest BCUT2D eigenvalue weighted by atomic mass is 32.1. The third-order valence-corrected chi connectivity index (χ3v) is 18.3. The van der Waals surface area contributed by atoms with E-state index in [4.69, 9.17) is 0 Å². The zero-order valence-corrected chi connectivity index (χ0v) is 51.2. The molecule has 10 aromatic rings. The maximum absolute atomic E-state index is 2.63. The van der Waals surface area contributed by atoms with Gasteiger partial charge in [-0.3, -0.25) is 0 Å². The summed E-state index contributed by atoms with van der Waals surface area (Å²) in [7, 11) is 0. The van der Waals surface area contributed by atoms with E-state index in [0.29, 0.717) is 0 Å². The first kappa shape index (κ1) is 54.0. The molecule has 0 fully saturated rings. The van der Waals surface area contributed by atoms with Crippen molar-refractivity contribution in [2.45, 2.75) is 131 Å². The summed E-state index contributed by atoms with van der Waals surface area (Å²) in [6.45, 7) is 34.7. The summed E-state index contributed by atoms with van der Waals surface area (Å²) in [6.07, 6.45) is 0. The second-order valence-corrected chi connectivity index (χ2v) is 29.1. The van der Waals surface area contributed by atoms with Gasteiger partial charge in [-0.15, -0.1) is 11.3 Å². The van der Waals surface area contributed by atoms with Gasteiger partial charge in [0.15, 0.2) is 0 Å². The predicted molar refractivity (Wildman–Crippen MR) is 355 cm³/mol. The third kappa shape index (κ3) is 9.80. The fourth-order valence-corrected chi connectivity index (χ4v) is 13.5. The zero-order chi connectivity index (χ0) is 57.1. The Balaban J connectivity index is 1.19. The molecule has 0 bridgehead atoms. The Morgan fingerprint density at radius 2 is 0.827 bits per heavy atom. The third-order valence-electron chi connectivity index (χ3n) is 17.0. The van der Waals surface area contributed by atoms with Gasteiger partial charge in [-0.1, -0.05) is 219 Å². The number of hydrogen-bond acceptors (Lipinski definition) is 4. The lowest BCUT2D eigenvalue weighted by molar-refractivity contribution is 0.590. The fourth-order valence-electron chi connectivity index (χ4n) is 12.2. The van der Waals surface area contributed by atoms with Crippen LogP contribution < -0.4 is 30.4 Å². The highest BCUT2D eigenvalue weighted by Crippen LogP contribution is 2.52. The van der Waals surface area contributed by atoms with Crippen molar-refractivity contribution in [2.75, 3.05) is 14.7 Å². The first-order chi connectivity index (χ1) is 38.3. The van der Waals surface area contributed by atoms with Gasteiger partial charge in [0.2, 0.25) is 0 Å². The number of nitrogens with zero attached hydrogens (tertiary/aromatic N) is 3. The van der Waals surface area contributed by atoms with Gasteiger partial charge in [-0.2, -0.15) is 0 Å². The van der Waals surface area contributed by atoms with Crippen molar-refractivity contribution in [3.63, 3.8) is 0 Å². The van der Waals surface area contributed by atoms with Crippen molar-refractivity contribution in [3.8, 4) is 22.3 Å². The molecule has 0 N–H and O–H groups in total. The largest absolute Gasteiger partial charge is 0.311 e. The number of benzene rings is 9. The average molecular weight is 1080 g/mol. The van der Waals surface area contributed by atoms with Crippen molar-refractivity contribution < 1.29 is 0 Å². The van der Waals surface area contributed by atoms with E-state index < -0.39 is 0 Å². The number of rotatable bonds is 7. The maximum atomic E-state index is 2.63. The molecule has 3 heterocycles. The van der Waals surface area contributed by atoms with Crippen LogP contribution in [0, 0.1) is 0 Å². The van der Waals surface area contributed by atoms with E-state index in [0.717, 1.165) is 28.4 Å². The Morgan fingerprint density at radius 1 is 0.370 bits per heavy atom. The molecule has 12 rings (SSSR count). The van der Waals surface area contributed by atoms with Gasteiger partial charge < -0.3 is 14.7 Å². The van der Waals surface area contributed by atoms with Gasteiger partial charge in [0, 0.05) is 60.2 Å². The van der Waals surface area contributed by atoms with E-state index in [1.807, 2.05) is 11.3 Å². The Kier molecular flexibility index (Phi) is 13.0. The van der Waals surface area contributed by atoms with Crippen LogP contribution in [-0.2, 0) is 27.1 Å². The molecule has 9 aromatic carbocycles. The van der Waals surface area contributed by atoms with E-state index in [2.05, 4.69) is 319 Å². The van der Waals surface area contributed by atoms with Crippen molar-refractivity contribution >= 4 is 95.0 Å². The Morgan fingerprint density at radius 3 is 1.37 bits per heavy atom. The van der Waals surface area contributed by atoms with Crippen molar-refractivity contribution in [1.29, 1.82) is 0 Å². The molecule has 2 aliphatic heterocycles. The second-order valence-electron chi connectivity index (χ2n) is 28.0. The maximum Gasteiger partial charge on any atom is 0.264 e. The summed E-state index contributed by atoms with van der Waals surface area (Å²) in [4.78, 5) is 7.75. The van der Waals surface area contributed by atoms with Gasteiger partial charge in [0.1, 0.15) is 0 Å². The molecule has 0 saturated heterocycles. The summed E-state index contributed by atoms with van der Waals surface area (Å²) in [6, 6.07) is 77.0. The Bertz CT molecular complexity index is 3990. The normalized spacial score (nSPS) is 13.5. The SMILES string of the molecule is CC(C)(C)c1ccc(N(c2ccc3c(c2)N(c2ccc(C(C)(C)C)cc2)c2cc(-c4ccccc4)cc4c2B3c2sc3ccc(C(C)(C)C)cc3c2N4c2ccc(C(C)(C)C)cc2)c2ccc(C(C)(C)C)cc2-c2ccccc2)cc1. The second kappa shape index (κ2) is 19.6. The molecular weight excluding hydrogens is 998 g/mol. The summed E-state index contributed by atoms with van der Waals surface area (Å²) in [5.41, 5.74) is 24.4. The first-order valence-electron chi connectivity index (χ1n) is 29.2. The van der Waals surface area contributed by atoms with Crippen molar-refractivity contribution in [3.05, 3.63) is 228 Å². The fraction of sp³-hybridized carbons (Fsp3) is 0.263. The van der Waals surface area contributed by atoms with Crippen molar-refractivity contribution in [2.24, 2.45) is 0 Å². The van der Waals surface area contributed by atoms with Crippen LogP contribution in [0.2, 0.25) is 0 Å². The highest BCUT2D eigenvalue weighted by molar-refractivity contribution is 7.33. The molecule has 2 aliphatic rings. The number of fused-ring (bicyclic) bond motifs is 6. The van der Waals surface area contributed by atoms with Crippen LogP contribution in [0.15, 0.2) is 200 Å². The minimum atomic E-state index is -0.0602. The summed E-state index contributed by atoms with van der Waals surface area (Å²) in [5.74, 6) is 0. The number of anilines is 9. The molecule has 1 aromatic heterocycles. The molecule has 0 radical (unpaired) electrons. The Labute approximate surface area is 488 Å². The molecule has 0 spiro atoms. The highest BCUT2D eigenvalue weighted by Gasteiger charge is 2.46. The van der Waals surface area contributed by atoms with Gasteiger partial charge >= 0.3 is 0 Å². The van der Waals surface area contributed by atoms with E-state index in [1.54, 1.807) is 0 Å². The molecule has 0 saturated carbocycles. The van der Waals surface area contributed by atoms with Gasteiger partial charge in [-0.25, -0.2) is 0 Å². The topological polar surface area (TPSA) is 9.72 Å². The number of hydrogen-bond donors (Lipinski definition) is 0. The van der Waals surface area contributed by atoms with Crippen LogP contribution in [-0.4, -0.2) is 6.71 Å². The number of thiophene rings is 1. The minimum absolute atomic E-state index is 0.00215. The van der Waals surface area contributed by atoms with Gasteiger partial charge in [0.25, 0.3) is 6.71 Å². The quantitative estimate of drug-likeness (QED) is 0.147. The van der Waals surface area contributed by atoms with Crippen LogP contribution in [0.1, 0.15) is 132 Å². The van der Waals surface area contributed by atoms with Crippen LogP contribution in [0.4, 0.5) is 51.2 Å². The first-order valence-corrected chi connectivity index (χ1v) is 30.0. The van der Waals surface area contributed by atoms with E-state index in [1.165, 1.54) is 98.6 Å². The molecular formula is C76H78BN3S. The molecule has 81 heavy (non-hydrogen) atoms. The molecule has 5 heteroatoms. The van der Waals surface area contributed by atoms with E-state index in [-0.39, 0.29) is 33.8 Å². The summed E-state index contributed by atoms with van der Waals surface area (Å²) in [5, 5.41) is 1.30. The molecule has 0 unspecified atom stereocenters. The van der Waals surface area contributed by atoms with Gasteiger partial charge in [-0.05, 0) is 167 Å². The lowest BCUT2D eigenvalue weighted by Gasteiger charge is -2.44. The summed E-state index contributed by atoms with van der Waals surface area (Å²) < 4.78 is 2.67. The summed E-state index contributed by atoms with van der Waals surface area (Å²) >= 11 is 1.97. The molecule has 0 atom stereocenters.